The highest BCUT2D eigenvalue weighted by molar-refractivity contribution is 5.84. The smallest absolute Gasteiger partial charge is 0.328 e. The van der Waals surface area contributed by atoms with Crippen LogP contribution in [-0.4, -0.2) is 22.6 Å². The van der Waals surface area contributed by atoms with E-state index in [9.17, 15) is 4.79 Å². The lowest BCUT2D eigenvalue weighted by molar-refractivity contribution is -0.143. The molecule has 0 aliphatic heterocycles. The Bertz CT molecular complexity index is 902. The van der Waals surface area contributed by atoms with Crippen molar-refractivity contribution >= 4 is 17.0 Å². The van der Waals surface area contributed by atoms with Crippen molar-refractivity contribution < 1.29 is 9.53 Å². The number of esters is 1. The number of aromatic nitrogens is 2. The number of imidazole rings is 1. The number of rotatable bonds is 3. The quantitative estimate of drug-likeness (QED) is 0.649. The fourth-order valence-electron chi connectivity index (χ4n) is 3.04. The predicted molar refractivity (Wildman–Crippen MR) is 101 cm³/mol. The number of fused-ring (bicyclic) bond motifs is 1. The first kappa shape index (κ1) is 17.2. The van der Waals surface area contributed by atoms with Gasteiger partial charge in [-0.3, -0.25) is 0 Å². The van der Waals surface area contributed by atoms with Gasteiger partial charge in [0.2, 0.25) is 0 Å². The zero-order valence-electron chi connectivity index (χ0n) is 15.4. The van der Waals surface area contributed by atoms with Crippen molar-refractivity contribution in [1.29, 1.82) is 0 Å². The van der Waals surface area contributed by atoms with Crippen molar-refractivity contribution in [2.24, 2.45) is 0 Å². The molecular formula is C21H24N2O2. The minimum Gasteiger partial charge on any atom is -0.467 e. The van der Waals surface area contributed by atoms with Crippen molar-refractivity contribution in [2.45, 2.75) is 39.2 Å². The number of para-hydroxylation sites is 2. The average molecular weight is 336 g/mol. The molecule has 3 aromatic rings. The number of benzene rings is 2. The summed E-state index contributed by atoms with van der Waals surface area (Å²) >= 11 is 0. The Morgan fingerprint density at radius 3 is 2.32 bits per heavy atom. The highest BCUT2D eigenvalue weighted by Gasteiger charge is 2.23. The minimum atomic E-state index is -0.449. The number of hydrogen-bond acceptors (Lipinski definition) is 3. The van der Waals surface area contributed by atoms with Gasteiger partial charge < -0.3 is 9.30 Å². The van der Waals surface area contributed by atoms with Gasteiger partial charge in [0.1, 0.15) is 11.9 Å². The first-order valence-electron chi connectivity index (χ1n) is 8.48. The molecule has 1 unspecified atom stereocenters. The second-order valence-corrected chi connectivity index (χ2v) is 7.32. The Kier molecular flexibility index (Phi) is 4.38. The van der Waals surface area contributed by atoms with E-state index in [1.165, 1.54) is 12.7 Å². The van der Waals surface area contributed by atoms with Gasteiger partial charge in [-0.15, -0.1) is 0 Å². The molecule has 2 aromatic carbocycles. The molecule has 0 aliphatic carbocycles. The summed E-state index contributed by atoms with van der Waals surface area (Å²) in [7, 11) is 1.41. The Balaban J connectivity index is 2.17. The van der Waals surface area contributed by atoms with Crippen LogP contribution in [0.5, 0.6) is 0 Å². The maximum atomic E-state index is 12.2. The third kappa shape index (κ3) is 3.16. The van der Waals surface area contributed by atoms with E-state index in [1.54, 1.807) is 0 Å². The summed E-state index contributed by atoms with van der Waals surface area (Å²) in [5.74, 6) is 0.496. The van der Waals surface area contributed by atoms with Gasteiger partial charge in [-0.2, -0.15) is 0 Å². The summed E-state index contributed by atoms with van der Waals surface area (Å²) in [6.07, 6.45) is 0. The normalized spacial score (nSPS) is 13.0. The van der Waals surface area contributed by atoms with E-state index in [-0.39, 0.29) is 11.4 Å². The first-order valence-corrected chi connectivity index (χ1v) is 8.48. The van der Waals surface area contributed by atoms with Gasteiger partial charge >= 0.3 is 5.97 Å². The molecule has 4 heteroatoms. The Morgan fingerprint density at radius 1 is 1.08 bits per heavy atom. The van der Waals surface area contributed by atoms with Crippen LogP contribution in [0.25, 0.3) is 22.4 Å². The third-order valence-electron chi connectivity index (χ3n) is 4.53. The van der Waals surface area contributed by atoms with Gasteiger partial charge in [0.15, 0.2) is 0 Å². The monoisotopic (exact) mass is 336 g/mol. The molecule has 0 aliphatic rings. The molecule has 0 spiro atoms. The standard InChI is InChI=1S/C21H24N2O2/c1-14(20(24)25-5)23-18-9-7-6-8-17(18)22-19(23)15-10-12-16(13-11-15)21(2,3)4/h6-14H,1-5H3. The van der Waals surface area contributed by atoms with Crippen LogP contribution in [0.1, 0.15) is 39.3 Å². The summed E-state index contributed by atoms with van der Waals surface area (Å²) in [6.45, 7) is 8.41. The van der Waals surface area contributed by atoms with Gasteiger partial charge in [0, 0.05) is 5.56 Å². The van der Waals surface area contributed by atoms with E-state index in [2.05, 4.69) is 45.0 Å². The zero-order valence-corrected chi connectivity index (χ0v) is 15.4. The van der Waals surface area contributed by atoms with E-state index in [0.717, 1.165) is 22.4 Å². The fourth-order valence-corrected chi connectivity index (χ4v) is 3.04. The highest BCUT2D eigenvalue weighted by atomic mass is 16.5. The molecule has 130 valence electrons. The van der Waals surface area contributed by atoms with E-state index in [4.69, 9.17) is 9.72 Å². The SMILES string of the molecule is COC(=O)C(C)n1c(-c2ccc(C(C)(C)C)cc2)nc2ccccc21. The number of carbonyl (C=O) groups excluding carboxylic acids is 1. The predicted octanol–water partition coefficient (Wildman–Crippen LogP) is 4.73. The van der Waals surface area contributed by atoms with Crippen LogP contribution in [0.2, 0.25) is 0 Å². The lowest BCUT2D eigenvalue weighted by Crippen LogP contribution is -2.18. The Morgan fingerprint density at radius 2 is 1.72 bits per heavy atom. The molecule has 25 heavy (non-hydrogen) atoms. The molecule has 0 fully saturated rings. The van der Waals surface area contributed by atoms with Crippen molar-refractivity contribution in [1.82, 2.24) is 9.55 Å². The molecule has 3 rings (SSSR count). The van der Waals surface area contributed by atoms with Gasteiger partial charge in [-0.25, -0.2) is 9.78 Å². The maximum absolute atomic E-state index is 12.2. The average Bonchev–Trinajstić information content (AvgIpc) is 2.99. The summed E-state index contributed by atoms with van der Waals surface area (Å²) < 4.78 is 6.90. The van der Waals surface area contributed by atoms with Crippen molar-refractivity contribution in [3.8, 4) is 11.4 Å². The second kappa shape index (κ2) is 6.36. The molecule has 0 saturated heterocycles. The molecule has 1 atom stereocenters. The first-order chi connectivity index (χ1) is 11.8. The number of hydrogen-bond donors (Lipinski definition) is 0. The lowest BCUT2D eigenvalue weighted by Gasteiger charge is -2.20. The van der Waals surface area contributed by atoms with Crippen LogP contribution in [0.4, 0.5) is 0 Å². The molecule has 0 radical (unpaired) electrons. The number of methoxy groups -OCH3 is 1. The zero-order chi connectivity index (χ0) is 18.2. The van der Waals surface area contributed by atoms with Gasteiger partial charge in [-0.05, 0) is 30.0 Å². The summed E-state index contributed by atoms with van der Waals surface area (Å²) in [5.41, 5.74) is 4.14. The number of carbonyl (C=O) groups is 1. The maximum Gasteiger partial charge on any atom is 0.328 e. The number of ether oxygens (including phenoxy) is 1. The van der Waals surface area contributed by atoms with Crippen molar-refractivity contribution in [2.75, 3.05) is 7.11 Å². The van der Waals surface area contributed by atoms with E-state index in [1.807, 2.05) is 35.8 Å². The van der Waals surface area contributed by atoms with Gasteiger partial charge in [0.25, 0.3) is 0 Å². The van der Waals surface area contributed by atoms with Crippen LogP contribution in [0.15, 0.2) is 48.5 Å². The lowest BCUT2D eigenvalue weighted by atomic mass is 9.86. The van der Waals surface area contributed by atoms with Crippen LogP contribution >= 0.6 is 0 Å². The van der Waals surface area contributed by atoms with E-state index < -0.39 is 6.04 Å². The molecule has 1 heterocycles. The second-order valence-electron chi connectivity index (χ2n) is 7.32. The fraction of sp³-hybridized carbons (Fsp3) is 0.333. The van der Waals surface area contributed by atoms with E-state index in [0.29, 0.717) is 0 Å². The minimum absolute atomic E-state index is 0.0952. The molecule has 1 aromatic heterocycles. The van der Waals surface area contributed by atoms with Crippen LogP contribution in [0.3, 0.4) is 0 Å². The summed E-state index contributed by atoms with van der Waals surface area (Å²) in [6, 6.07) is 15.8. The summed E-state index contributed by atoms with van der Waals surface area (Å²) in [4.78, 5) is 16.9. The molecule has 0 bridgehead atoms. The largest absolute Gasteiger partial charge is 0.467 e. The van der Waals surface area contributed by atoms with Crippen LogP contribution in [-0.2, 0) is 14.9 Å². The van der Waals surface area contributed by atoms with Crippen molar-refractivity contribution in [3.63, 3.8) is 0 Å². The molecule has 0 amide bonds. The van der Waals surface area contributed by atoms with Crippen LogP contribution < -0.4 is 0 Å². The summed E-state index contributed by atoms with van der Waals surface area (Å²) in [5, 5.41) is 0. The van der Waals surface area contributed by atoms with Gasteiger partial charge in [0.05, 0.1) is 18.1 Å². The third-order valence-corrected chi connectivity index (χ3v) is 4.53. The molecule has 4 nitrogen and oxygen atoms in total. The van der Waals surface area contributed by atoms with Crippen molar-refractivity contribution in [3.05, 3.63) is 54.1 Å². The molecule has 0 saturated carbocycles. The molecule has 0 N–H and O–H groups in total. The molecular weight excluding hydrogens is 312 g/mol. The Hall–Kier alpha value is -2.62. The van der Waals surface area contributed by atoms with Gasteiger partial charge in [-0.1, -0.05) is 57.2 Å². The Labute approximate surface area is 148 Å². The number of nitrogens with zero attached hydrogens (tertiary/aromatic N) is 2. The highest BCUT2D eigenvalue weighted by Crippen LogP contribution is 2.30. The van der Waals surface area contributed by atoms with E-state index >= 15 is 0 Å². The van der Waals surface area contributed by atoms with Crippen LogP contribution in [0, 0.1) is 0 Å². The topological polar surface area (TPSA) is 44.1 Å².